The van der Waals surface area contributed by atoms with E-state index in [2.05, 4.69) is 0 Å². The lowest BCUT2D eigenvalue weighted by Gasteiger charge is -2.38. The van der Waals surface area contributed by atoms with Gasteiger partial charge in [0.15, 0.2) is 5.79 Å². The first-order chi connectivity index (χ1) is 10.9. The summed E-state index contributed by atoms with van der Waals surface area (Å²) in [5.41, 5.74) is -1.61. The van der Waals surface area contributed by atoms with Gasteiger partial charge in [0, 0.05) is 0 Å². The monoisotopic (exact) mass is 327 g/mol. The molecular weight excluding hydrogens is 302 g/mol. The zero-order valence-electron chi connectivity index (χ0n) is 14.0. The Labute approximate surface area is 136 Å². The zero-order chi connectivity index (χ0) is 17.3. The second kappa shape index (κ2) is 6.68. The molecule has 0 bridgehead atoms. The molecule has 7 nitrogen and oxygen atoms in total. The minimum atomic E-state index is -1.61. The van der Waals surface area contributed by atoms with Crippen molar-refractivity contribution >= 4 is 11.8 Å². The highest BCUT2D eigenvalue weighted by molar-refractivity contribution is 5.86. The standard InChI is InChI=1S/C16H25NO6/c1-5-15(6-2)21-12-11(10(4)18)8-9-16(23-17,13(12)22-15)14(19)20-7-3/h8-9,11-13H,5-7,17H2,1-4H3/t11-,12-,13-,16-/m0/s1. The van der Waals surface area contributed by atoms with Crippen LogP contribution in [0.1, 0.15) is 40.5 Å². The number of hydrogen-bond donors (Lipinski definition) is 1. The van der Waals surface area contributed by atoms with Crippen LogP contribution >= 0.6 is 0 Å². The van der Waals surface area contributed by atoms with Crippen molar-refractivity contribution in [3.63, 3.8) is 0 Å². The molecule has 0 amide bonds. The molecule has 0 unspecified atom stereocenters. The smallest absolute Gasteiger partial charge is 0.347 e. The third kappa shape index (κ3) is 2.82. The molecule has 7 heteroatoms. The van der Waals surface area contributed by atoms with E-state index in [0.717, 1.165) is 0 Å². The summed E-state index contributed by atoms with van der Waals surface area (Å²) >= 11 is 0. The maximum absolute atomic E-state index is 12.5. The van der Waals surface area contributed by atoms with Gasteiger partial charge in [0.1, 0.15) is 18.0 Å². The summed E-state index contributed by atoms with van der Waals surface area (Å²) in [5.74, 6) is 3.34. The molecule has 0 aromatic rings. The SMILES string of the molecule is CCOC(=O)[C@]1(ON)C=C[C@@H](C(C)=O)[C@@H]2OC(CC)(CC)O[C@@H]21. The fraction of sp³-hybridized carbons (Fsp3) is 0.750. The number of esters is 1. The van der Waals surface area contributed by atoms with Crippen LogP contribution in [0.2, 0.25) is 0 Å². The van der Waals surface area contributed by atoms with Crippen LogP contribution in [-0.2, 0) is 28.6 Å². The first-order valence-electron chi connectivity index (χ1n) is 8.00. The maximum atomic E-state index is 12.5. The van der Waals surface area contributed by atoms with E-state index < -0.39 is 35.5 Å². The fourth-order valence-corrected chi connectivity index (χ4v) is 3.21. The summed E-state index contributed by atoms with van der Waals surface area (Å²) in [7, 11) is 0. The normalized spacial score (nSPS) is 34.9. The van der Waals surface area contributed by atoms with Crippen molar-refractivity contribution in [3.05, 3.63) is 12.2 Å². The van der Waals surface area contributed by atoms with Crippen molar-refractivity contribution in [2.75, 3.05) is 6.61 Å². The zero-order valence-corrected chi connectivity index (χ0v) is 14.0. The minimum Gasteiger partial charge on any atom is -0.463 e. The van der Waals surface area contributed by atoms with Gasteiger partial charge in [0.05, 0.1) is 12.5 Å². The van der Waals surface area contributed by atoms with Crippen LogP contribution in [0.25, 0.3) is 0 Å². The molecule has 0 aromatic carbocycles. The van der Waals surface area contributed by atoms with Gasteiger partial charge in [-0.3, -0.25) is 9.63 Å². The van der Waals surface area contributed by atoms with Gasteiger partial charge in [-0.05, 0) is 32.8 Å². The largest absolute Gasteiger partial charge is 0.463 e. The molecule has 0 spiro atoms. The number of fused-ring (bicyclic) bond motifs is 1. The van der Waals surface area contributed by atoms with E-state index >= 15 is 0 Å². The minimum absolute atomic E-state index is 0.0719. The first kappa shape index (κ1) is 18.1. The molecule has 23 heavy (non-hydrogen) atoms. The Hall–Kier alpha value is -1.28. The summed E-state index contributed by atoms with van der Waals surface area (Å²) in [6, 6.07) is 0. The van der Waals surface area contributed by atoms with E-state index in [1.54, 1.807) is 13.0 Å². The number of ether oxygens (including phenoxy) is 3. The molecule has 0 saturated carbocycles. The number of carbonyl (C=O) groups is 2. The molecule has 130 valence electrons. The van der Waals surface area contributed by atoms with Gasteiger partial charge in [-0.25, -0.2) is 10.7 Å². The van der Waals surface area contributed by atoms with Crippen molar-refractivity contribution in [3.8, 4) is 0 Å². The molecule has 1 fully saturated rings. The number of ketones is 1. The van der Waals surface area contributed by atoms with E-state index in [4.69, 9.17) is 24.9 Å². The number of nitrogens with two attached hydrogens (primary N) is 1. The van der Waals surface area contributed by atoms with Gasteiger partial charge in [0.25, 0.3) is 0 Å². The number of Topliss-reactive ketones (excluding diaryl/α,β-unsaturated/α-hetero) is 1. The average Bonchev–Trinajstić information content (AvgIpc) is 2.94. The molecule has 2 N–H and O–H groups in total. The molecule has 1 aliphatic carbocycles. The van der Waals surface area contributed by atoms with Crippen LogP contribution in [0, 0.1) is 5.92 Å². The lowest BCUT2D eigenvalue weighted by molar-refractivity contribution is -0.207. The predicted molar refractivity (Wildman–Crippen MR) is 81.0 cm³/mol. The van der Waals surface area contributed by atoms with Gasteiger partial charge < -0.3 is 14.2 Å². The fourth-order valence-electron chi connectivity index (χ4n) is 3.21. The molecule has 0 aromatic heterocycles. The lowest BCUT2D eigenvalue weighted by Crippen LogP contribution is -2.60. The summed E-state index contributed by atoms with van der Waals surface area (Å²) in [6.45, 7) is 7.20. The average molecular weight is 327 g/mol. The van der Waals surface area contributed by atoms with Crippen LogP contribution in [0.4, 0.5) is 0 Å². The Morgan fingerprint density at radius 2 is 1.87 bits per heavy atom. The van der Waals surface area contributed by atoms with Crippen molar-refractivity contribution in [1.82, 2.24) is 0 Å². The van der Waals surface area contributed by atoms with Gasteiger partial charge in [-0.2, -0.15) is 0 Å². The Bertz CT molecular complexity index is 501. The third-order valence-electron chi connectivity index (χ3n) is 4.66. The predicted octanol–water partition coefficient (Wildman–Crippen LogP) is 1.25. The molecule has 0 radical (unpaired) electrons. The highest BCUT2D eigenvalue weighted by atomic mass is 16.8. The molecular formula is C16H25NO6. The number of carbonyl (C=O) groups excluding carboxylic acids is 2. The topological polar surface area (TPSA) is 97.1 Å². The van der Waals surface area contributed by atoms with Crippen LogP contribution in [0.3, 0.4) is 0 Å². The Morgan fingerprint density at radius 1 is 1.22 bits per heavy atom. The van der Waals surface area contributed by atoms with Gasteiger partial charge >= 0.3 is 5.97 Å². The van der Waals surface area contributed by atoms with Crippen LogP contribution < -0.4 is 5.90 Å². The van der Waals surface area contributed by atoms with Gasteiger partial charge in [-0.15, -0.1) is 0 Å². The Morgan fingerprint density at radius 3 is 2.35 bits per heavy atom. The molecule has 2 rings (SSSR count). The number of hydrogen-bond acceptors (Lipinski definition) is 7. The van der Waals surface area contributed by atoms with Crippen molar-refractivity contribution in [2.24, 2.45) is 11.8 Å². The molecule has 2 aliphatic rings. The summed E-state index contributed by atoms with van der Waals surface area (Å²) in [4.78, 5) is 29.4. The molecule has 1 aliphatic heterocycles. The van der Waals surface area contributed by atoms with Crippen molar-refractivity contribution in [2.45, 2.75) is 64.1 Å². The maximum Gasteiger partial charge on any atom is 0.347 e. The summed E-state index contributed by atoms with van der Waals surface area (Å²) in [6.07, 6.45) is 2.71. The molecule has 1 heterocycles. The van der Waals surface area contributed by atoms with Crippen molar-refractivity contribution < 1.29 is 28.6 Å². The van der Waals surface area contributed by atoms with Crippen LogP contribution in [0.5, 0.6) is 0 Å². The third-order valence-corrected chi connectivity index (χ3v) is 4.66. The van der Waals surface area contributed by atoms with E-state index in [9.17, 15) is 9.59 Å². The van der Waals surface area contributed by atoms with E-state index in [1.807, 2.05) is 13.8 Å². The Balaban J connectivity index is 2.48. The van der Waals surface area contributed by atoms with Crippen LogP contribution in [-0.4, -0.2) is 42.0 Å². The second-order valence-electron chi connectivity index (χ2n) is 5.87. The summed E-state index contributed by atoms with van der Waals surface area (Å²) < 4.78 is 17.2. The number of rotatable bonds is 6. The van der Waals surface area contributed by atoms with E-state index in [0.29, 0.717) is 12.8 Å². The van der Waals surface area contributed by atoms with Gasteiger partial charge in [0.2, 0.25) is 5.60 Å². The van der Waals surface area contributed by atoms with E-state index in [1.165, 1.54) is 13.0 Å². The van der Waals surface area contributed by atoms with E-state index in [-0.39, 0.29) is 12.4 Å². The molecule has 4 atom stereocenters. The van der Waals surface area contributed by atoms with Crippen LogP contribution in [0.15, 0.2) is 12.2 Å². The Kier molecular flexibility index (Phi) is 5.25. The first-order valence-corrected chi connectivity index (χ1v) is 8.00. The lowest BCUT2D eigenvalue weighted by atomic mass is 9.78. The van der Waals surface area contributed by atoms with Crippen molar-refractivity contribution in [1.29, 1.82) is 0 Å². The quantitative estimate of drug-likeness (QED) is 0.445. The van der Waals surface area contributed by atoms with Gasteiger partial charge in [-0.1, -0.05) is 19.9 Å². The molecule has 1 saturated heterocycles. The summed E-state index contributed by atoms with van der Waals surface area (Å²) in [5, 5.41) is 0. The highest BCUT2D eigenvalue weighted by Gasteiger charge is 2.63. The highest BCUT2D eigenvalue weighted by Crippen LogP contribution is 2.45. The second-order valence-corrected chi connectivity index (χ2v) is 5.87.